The Morgan fingerprint density at radius 2 is 2.00 bits per heavy atom. The lowest BCUT2D eigenvalue weighted by atomic mass is 10.1. The molecule has 0 bridgehead atoms. The van der Waals surface area contributed by atoms with Crippen molar-refractivity contribution in [3.63, 3.8) is 0 Å². The van der Waals surface area contributed by atoms with Gasteiger partial charge < -0.3 is 5.32 Å². The van der Waals surface area contributed by atoms with Crippen LogP contribution in [0.25, 0.3) is 5.78 Å². The SMILES string of the molecule is Cc1ccnc2nc(C(=O)N[C@@H](c3ccccc3)c3cccs3)nn12. The number of thiophene rings is 1. The average molecular weight is 349 g/mol. The molecule has 3 aromatic heterocycles. The molecule has 0 fully saturated rings. The lowest BCUT2D eigenvalue weighted by Crippen LogP contribution is -2.29. The van der Waals surface area contributed by atoms with E-state index in [-0.39, 0.29) is 17.8 Å². The molecule has 1 atom stereocenters. The average Bonchev–Trinajstić information content (AvgIpc) is 3.30. The van der Waals surface area contributed by atoms with Gasteiger partial charge in [0.15, 0.2) is 0 Å². The maximum atomic E-state index is 12.7. The zero-order valence-corrected chi connectivity index (χ0v) is 14.3. The Morgan fingerprint density at radius 3 is 2.72 bits per heavy atom. The number of hydrogen-bond acceptors (Lipinski definition) is 5. The van der Waals surface area contributed by atoms with Crippen LogP contribution in [0.1, 0.15) is 32.8 Å². The summed E-state index contributed by atoms with van der Waals surface area (Å²) in [4.78, 5) is 22.2. The van der Waals surface area contributed by atoms with E-state index in [0.717, 1.165) is 16.1 Å². The normalized spacial score (nSPS) is 12.2. The number of nitrogens with zero attached hydrogens (tertiary/aromatic N) is 4. The number of amides is 1. The Hall–Kier alpha value is -3.06. The van der Waals surface area contributed by atoms with Crippen LogP contribution in [0.2, 0.25) is 0 Å². The zero-order chi connectivity index (χ0) is 17.2. The summed E-state index contributed by atoms with van der Waals surface area (Å²) in [6.07, 6.45) is 1.65. The predicted octanol–water partition coefficient (Wildman–Crippen LogP) is 3.01. The van der Waals surface area contributed by atoms with Crippen molar-refractivity contribution in [2.75, 3.05) is 0 Å². The summed E-state index contributed by atoms with van der Waals surface area (Å²) in [5, 5.41) is 9.31. The fourth-order valence-electron chi connectivity index (χ4n) is 2.62. The molecule has 3 heterocycles. The number of carbonyl (C=O) groups is 1. The molecule has 0 saturated carbocycles. The van der Waals surface area contributed by atoms with Crippen molar-refractivity contribution in [3.05, 3.63) is 82.1 Å². The van der Waals surface area contributed by atoms with E-state index in [4.69, 9.17) is 0 Å². The van der Waals surface area contributed by atoms with Crippen molar-refractivity contribution < 1.29 is 4.79 Å². The standard InChI is InChI=1S/C18H15N5OS/c1-12-9-10-19-18-21-16(22-23(12)18)17(24)20-15(14-8-5-11-25-14)13-6-3-2-4-7-13/h2-11,15H,1H3,(H,20,24)/t15-/m0/s1. The molecule has 4 aromatic rings. The van der Waals surface area contributed by atoms with E-state index >= 15 is 0 Å². The summed E-state index contributed by atoms with van der Waals surface area (Å²) >= 11 is 1.60. The van der Waals surface area contributed by atoms with Gasteiger partial charge in [-0.1, -0.05) is 36.4 Å². The van der Waals surface area contributed by atoms with Crippen LogP contribution in [0.5, 0.6) is 0 Å². The van der Waals surface area contributed by atoms with Crippen LogP contribution in [0.3, 0.4) is 0 Å². The van der Waals surface area contributed by atoms with Gasteiger partial charge in [0, 0.05) is 16.8 Å². The van der Waals surface area contributed by atoms with Crippen molar-refractivity contribution in [2.45, 2.75) is 13.0 Å². The second-order valence-electron chi connectivity index (χ2n) is 5.57. The van der Waals surface area contributed by atoms with Crippen LogP contribution >= 0.6 is 11.3 Å². The number of hydrogen-bond donors (Lipinski definition) is 1. The van der Waals surface area contributed by atoms with Crippen molar-refractivity contribution in [3.8, 4) is 0 Å². The first-order chi connectivity index (χ1) is 12.2. The third-order valence-electron chi connectivity index (χ3n) is 3.87. The zero-order valence-electron chi connectivity index (χ0n) is 13.5. The van der Waals surface area contributed by atoms with Crippen molar-refractivity contribution in [1.82, 2.24) is 24.9 Å². The molecular weight excluding hydrogens is 334 g/mol. The van der Waals surface area contributed by atoms with E-state index in [0.29, 0.717) is 5.78 Å². The molecule has 25 heavy (non-hydrogen) atoms. The molecule has 0 spiro atoms. The highest BCUT2D eigenvalue weighted by Gasteiger charge is 2.21. The fourth-order valence-corrected chi connectivity index (χ4v) is 3.42. The first kappa shape index (κ1) is 15.5. The van der Waals surface area contributed by atoms with Gasteiger partial charge in [0.1, 0.15) is 0 Å². The summed E-state index contributed by atoms with van der Waals surface area (Å²) in [6.45, 7) is 1.89. The molecule has 6 nitrogen and oxygen atoms in total. The summed E-state index contributed by atoms with van der Waals surface area (Å²) < 4.78 is 1.57. The number of carbonyl (C=O) groups excluding carboxylic acids is 1. The van der Waals surface area contributed by atoms with Crippen LogP contribution in [-0.2, 0) is 0 Å². The number of aromatic nitrogens is 4. The van der Waals surface area contributed by atoms with E-state index < -0.39 is 0 Å². The van der Waals surface area contributed by atoms with Gasteiger partial charge in [-0.2, -0.15) is 4.98 Å². The largest absolute Gasteiger partial charge is 0.338 e. The maximum absolute atomic E-state index is 12.7. The van der Waals surface area contributed by atoms with Crippen molar-refractivity contribution in [2.24, 2.45) is 0 Å². The molecule has 7 heteroatoms. The molecule has 0 aliphatic heterocycles. The third-order valence-corrected chi connectivity index (χ3v) is 4.81. The minimum atomic E-state index is -0.327. The van der Waals surface area contributed by atoms with Crippen LogP contribution in [0, 0.1) is 6.92 Å². The van der Waals surface area contributed by atoms with Crippen LogP contribution in [0.4, 0.5) is 0 Å². The minimum absolute atomic E-state index is 0.110. The van der Waals surface area contributed by atoms with Gasteiger partial charge in [0.2, 0.25) is 5.82 Å². The Kier molecular flexibility index (Phi) is 3.99. The summed E-state index contributed by atoms with van der Waals surface area (Å²) in [6, 6.07) is 15.4. The number of nitrogens with one attached hydrogen (secondary N) is 1. The molecular formula is C18H15N5OS. The molecule has 0 aliphatic rings. The number of aryl methyl sites for hydroxylation is 1. The number of fused-ring (bicyclic) bond motifs is 1. The molecule has 1 N–H and O–H groups in total. The van der Waals surface area contributed by atoms with Gasteiger partial charge in [-0.05, 0) is 30.0 Å². The first-order valence-corrected chi connectivity index (χ1v) is 8.68. The second-order valence-corrected chi connectivity index (χ2v) is 6.55. The Balaban J connectivity index is 1.67. The van der Waals surface area contributed by atoms with E-state index in [9.17, 15) is 4.79 Å². The van der Waals surface area contributed by atoms with Gasteiger partial charge in [-0.3, -0.25) is 4.79 Å². The van der Waals surface area contributed by atoms with Crippen LogP contribution < -0.4 is 5.32 Å². The molecule has 0 radical (unpaired) electrons. The van der Waals surface area contributed by atoms with E-state index in [1.165, 1.54) is 0 Å². The molecule has 4 rings (SSSR count). The third kappa shape index (κ3) is 3.01. The number of benzene rings is 1. The van der Waals surface area contributed by atoms with Gasteiger partial charge in [0.05, 0.1) is 6.04 Å². The molecule has 0 unspecified atom stereocenters. The lowest BCUT2D eigenvalue weighted by Gasteiger charge is -2.17. The van der Waals surface area contributed by atoms with Crippen molar-refractivity contribution in [1.29, 1.82) is 0 Å². The minimum Gasteiger partial charge on any atom is -0.338 e. The Bertz CT molecular complexity index is 1010. The highest BCUT2D eigenvalue weighted by atomic mass is 32.1. The second kappa shape index (κ2) is 6.45. The summed E-state index contributed by atoms with van der Waals surface area (Å²) in [7, 11) is 0. The monoisotopic (exact) mass is 349 g/mol. The number of rotatable bonds is 4. The highest BCUT2D eigenvalue weighted by molar-refractivity contribution is 7.10. The molecule has 1 aromatic carbocycles. The quantitative estimate of drug-likeness (QED) is 0.615. The molecule has 0 saturated heterocycles. The highest BCUT2D eigenvalue weighted by Crippen LogP contribution is 2.26. The van der Waals surface area contributed by atoms with Gasteiger partial charge in [-0.15, -0.1) is 16.4 Å². The Morgan fingerprint density at radius 1 is 1.16 bits per heavy atom. The fraction of sp³-hybridized carbons (Fsp3) is 0.111. The van der Waals surface area contributed by atoms with Gasteiger partial charge in [0.25, 0.3) is 11.7 Å². The maximum Gasteiger partial charge on any atom is 0.291 e. The Labute approximate surface area is 148 Å². The van der Waals surface area contributed by atoms with Gasteiger partial charge >= 0.3 is 0 Å². The van der Waals surface area contributed by atoms with E-state index in [2.05, 4.69) is 20.4 Å². The predicted molar refractivity (Wildman–Crippen MR) is 95.6 cm³/mol. The van der Waals surface area contributed by atoms with E-state index in [1.807, 2.05) is 60.8 Å². The molecule has 1 amide bonds. The van der Waals surface area contributed by atoms with Crippen molar-refractivity contribution >= 4 is 23.0 Å². The molecule has 0 aliphatic carbocycles. The van der Waals surface area contributed by atoms with Gasteiger partial charge in [-0.25, -0.2) is 9.50 Å². The lowest BCUT2D eigenvalue weighted by molar-refractivity contribution is 0.0933. The van der Waals surface area contributed by atoms with Crippen LogP contribution in [-0.4, -0.2) is 25.5 Å². The van der Waals surface area contributed by atoms with E-state index in [1.54, 1.807) is 22.0 Å². The first-order valence-electron chi connectivity index (χ1n) is 7.80. The topological polar surface area (TPSA) is 72.2 Å². The summed E-state index contributed by atoms with van der Waals surface area (Å²) in [5.74, 6) is 0.198. The smallest absolute Gasteiger partial charge is 0.291 e. The van der Waals surface area contributed by atoms with Crippen LogP contribution in [0.15, 0.2) is 60.1 Å². The summed E-state index contributed by atoms with van der Waals surface area (Å²) in [5.41, 5.74) is 1.88. The molecule has 124 valence electrons.